The van der Waals surface area contributed by atoms with Crippen LogP contribution in [0, 0.1) is 0 Å². The Morgan fingerprint density at radius 3 is 1.88 bits per heavy atom. The molecule has 0 fully saturated rings. The molecule has 1 aliphatic carbocycles. The summed E-state index contributed by atoms with van der Waals surface area (Å²) in [6.07, 6.45) is 1.95. The van der Waals surface area contributed by atoms with Gasteiger partial charge in [0.15, 0.2) is 0 Å². The van der Waals surface area contributed by atoms with E-state index in [-0.39, 0.29) is 0 Å². The topological polar surface area (TPSA) is 22.8 Å². The standard InChI is InChI=1S/C49H29N3/c1-2-11-34(12-3-1)51-44-17-9-8-15-38(44)41-27-31(19-22-45(41)51)32-20-23-46-42(28-32)40-21-18-30-10-4-5-13-36(30)49(40)52(46)35-26-33-24-25-50-48-39-16-7-6-14-37(39)43(29-35)47(33)48/h1-29H. The lowest BCUT2D eigenvalue weighted by Crippen LogP contribution is -1.96. The molecular weight excluding hydrogens is 631 g/mol. The maximum atomic E-state index is 4.83. The van der Waals surface area contributed by atoms with Gasteiger partial charge in [-0.05, 0) is 93.7 Å². The molecule has 3 aromatic heterocycles. The van der Waals surface area contributed by atoms with Gasteiger partial charge in [0.05, 0.1) is 27.8 Å². The number of benzene rings is 8. The van der Waals surface area contributed by atoms with Gasteiger partial charge in [-0.15, -0.1) is 0 Å². The summed E-state index contributed by atoms with van der Waals surface area (Å²) in [5.41, 5.74) is 14.4. The van der Waals surface area contributed by atoms with Crippen molar-refractivity contribution in [1.82, 2.24) is 14.1 Å². The Bertz CT molecular complexity index is 3290. The Labute approximate surface area is 299 Å². The number of hydrogen-bond acceptors (Lipinski definition) is 1. The van der Waals surface area contributed by atoms with Crippen LogP contribution in [0.4, 0.5) is 0 Å². The summed E-state index contributed by atoms with van der Waals surface area (Å²) in [7, 11) is 0. The van der Waals surface area contributed by atoms with Crippen molar-refractivity contribution in [1.29, 1.82) is 0 Å². The summed E-state index contributed by atoms with van der Waals surface area (Å²) in [5.74, 6) is 0. The normalized spacial score (nSPS) is 12.2. The van der Waals surface area contributed by atoms with Crippen molar-refractivity contribution in [3.05, 3.63) is 176 Å². The largest absolute Gasteiger partial charge is 0.309 e. The van der Waals surface area contributed by atoms with E-state index in [1.54, 1.807) is 0 Å². The number of fused-ring (bicyclic) bond motifs is 11. The van der Waals surface area contributed by atoms with E-state index in [0.717, 1.165) is 11.4 Å². The zero-order valence-electron chi connectivity index (χ0n) is 28.1. The van der Waals surface area contributed by atoms with Gasteiger partial charge in [0.25, 0.3) is 0 Å². The molecule has 0 atom stereocenters. The summed E-state index contributed by atoms with van der Waals surface area (Å²) >= 11 is 0. The number of hydrogen-bond donors (Lipinski definition) is 0. The fourth-order valence-corrected chi connectivity index (χ4v) is 9.01. The predicted octanol–water partition coefficient (Wildman–Crippen LogP) is 12.9. The molecule has 0 radical (unpaired) electrons. The van der Waals surface area contributed by atoms with E-state index in [9.17, 15) is 0 Å². The van der Waals surface area contributed by atoms with Crippen LogP contribution in [0.2, 0.25) is 0 Å². The van der Waals surface area contributed by atoms with Crippen LogP contribution in [-0.4, -0.2) is 14.1 Å². The minimum Gasteiger partial charge on any atom is -0.309 e. The van der Waals surface area contributed by atoms with Crippen molar-refractivity contribution in [3.8, 4) is 44.9 Å². The van der Waals surface area contributed by atoms with Crippen LogP contribution in [0.25, 0.3) is 110 Å². The molecule has 12 rings (SSSR count). The Balaban J connectivity index is 1.12. The summed E-state index contributed by atoms with van der Waals surface area (Å²) in [4.78, 5) is 4.83. The maximum absolute atomic E-state index is 4.83. The first-order valence-corrected chi connectivity index (χ1v) is 17.9. The molecule has 240 valence electrons. The average Bonchev–Trinajstić information content (AvgIpc) is 3.84. The first-order valence-electron chi connectivity index (χ1n) is 17.9. The Kier molecular flexibility index (Phi) is 5.50. The summed E-state index contributed by atoms with van der Waals surface area (Å²) < 4.78 is 4.87. The minimum absolute atomic E-state index is 1.08. The molecule has 0 aliphatic heterocycles. The number of rotatable bonds is 3. The maximum Gasteiger partial charge on any atom is 0.0792 e. The van der Waals surface area contributed by atoms with Crippen molar-refractivity contribution >= 4 is 65.2 Å². The SMILES string of the molecule is c1ccc(-n2c3ccccc3c3cc(-c4ccc5c(c4)c4ccc6ccccc6c4n5-c4cc5c6c(nccc6c4)-c4ccccc4-5)ccc32)cc1. The number of nitrogens with zero attached hydrogens (tertiary/aromatic N) is 3. The molecule has 1 aliphatic rings. The van der Waals surface area contributed by atoms with Gasteiger partial charge in [-0.1, -0.05) is 109 Å². The van der Waals surface area contributed by atoms with E-state index in [0.29, 0.717) is 0 Å². The second-order valence-electron chi connectivity index (χ2n) is 14.0. The lowest BCUT2D eigenvalue weighted by atomic mass is 10.00. The lowest BCUT2D eigenvalue weighted by Gasteiger charge is -2.13. The summed E-state index contributed by atoms with van der Waals surface area (Å²) in [6.45, 7) is 0. The first kappa shape index (κ1) is 27.8. The van der Waals surface area contributed by atoms with Crippen molar-refractivity contribution < 1.29 is 0 Å². The van der Waals surface area contributed by atoms with Crippen LogP contribution in [-0.2, 0) is 0 Å². The molecule has 8 aromatic carbocycles. The van der Waals surface area contributed by atoms with Crippen LogP contribution in [0.5, 0.6) is 0 Å². The van der Waals surface area contributed by atoms with Gasteiger partial charge in [-0.25, -0.2) is 0 Å². The molecule has 0 saturated carbocycles. The van der Waals surface area contributed by atoms with E-state index >= 15 is 0 Å². The van der Waals surface area contributed by atoms with Gasteiger partial charge in [0.1, 0.15) is 0 Å². The number of pyridine rings is 1. The second-order valence-corrected chi connectivity index (χ2v) is 14.0. The fourth-order valence-electron chi connectivity index (χ4n) is 9.01. The molecule has 0 spiro atoms. The van der Waals surface area contributed by atoms with Gasteiger partial charge in [0, 0.05) is 55.5 Å². The van der Waals surface area contributed by atoms with Gasteiger partial charge >= 0.3 is 0 Å². The van der Waals surface area contributed by atoms with E-state index in [2.05, 4.69) is 179 Å². The van der Waals surface area contributed by atoms with Gasteiger partial charge in [-0.2, -0.15) is 0 Å². The number of aromatic nitrogens is 3. The molecule has 11 aromatic rings. The van der Waals surface area contributed by atoms with Gasteiger partial charge < -0.3 is 9.13 Å². The predicted molar refractivity (Wildman–Crippen MR) is 218 cm³/mol. The van der Waals surface area contributed by atoms with Gasteiger partial charge in [-0.3, -0.25) is 4.98 Å². The molecular formula is C49H29N3. The second kappa shape index (κ2) is 10.3. The zero-order valence-corrected chi connectivity index (χ0v) is 28.1. The molecule has 3 heterocycles. The van der Waals surface area contributed by atoms with Crippen LogP contribution in [0.1, 0.15) is 0 Å². The van der Waals surface area contributed by atoms with Crippen LogP contribution >= 0.6 is 0 Å². The summed E-state index contributed by atoms with van der Waals surface area (Å²) in [5, 5.41) is 9.96. The highest BCUT2D eigenvalue weighted by Gasteiger charge is 2.24. The van der Waals surface area contributed by atoms with Crippen molar-refractivity contribution in [2.75, 3.05) is 0 Å². The molecule has 0 N–H and O–H groups in total. The quantitative estimate of drug-likeness (QED) is 0.185. The third-order valence-electron chi connectivity index (χ3n) is 11.3. The first-order chi connectivity index (χ1) is 25.8. The highest BCUT2D eigenvalue weighted by molar-refractivity contribution is 6.20. The van der Waals surface area contributed by atoms with Crippen LogP contribution in [0.3, 0.4) is 0 Å². The smallest absolute Gasteiger partial charge is 0.0792 e. The molecule has 0 saturated heterocycles. The van der Waals surface area contributed by atoms with Gasteiger partial charge in [0.2, 0.25) is 0 Å². The Morgan fingerprint density at radius 2 is 1.04 bits per heavy atom. The third-order valence-corrected chi connectivity index (χ3v) is 11.3. The molecule has 0 amide bonds. The molecule has 0 unspecified atom stereocenters. The fraction of sp³-hybridized carbons (Fsp3) is 0. The molecule has 3 nitrogen and oxygen atoms in total. The molecule has 0 bridgehead atoms. The highest BCUT2D eigenvalue weighted by atomic mass is 15.0. The lowest BCUT2D eigenvalue weighted by molar-refractivity contribution is 1.18. The third kappa shape index (κ3) is 3.72. The van der Waals surface area contributed by atoms with Crippen molar-refractivity contribution in [3.63, 3.8) is 0 Å². The zero-order chi connectivity index (χ0) is 33.9. The highest BCUT2D eigenvalue weighted by Crippen LogP contribution is 2.48. The monoisotopic (exact) mass is 659 g/mol. The van der Waals surface area contributed by atoms with Crippen LogP contribution in [0.15, 0.2) is 176 Å². The number of para-hydroxylation sites is 2. The minimum atomic E-state index is 1.08. The van der Waals surface area contributed by atoms with Crippen molar-refractivity contribution in [2.45, 2.75) is 0 Å². The van der Waals surface area contributed by atoms with E-state index < -0.39 is 0 Å². The van der Waals surface area contributed by atoms with Crippen molar-refractivity contribution in [2.24, 2.45) is 0 Å². The Morgan fingerprint density at radius 1 is 0.365 bits per heavy atom. The Hall–Kier alpha value is -6.97. The van der Waals surface area contributed by atoms with Crippen LogP contribution < -0.4 is 0 Å². The van der Waals surface area contributed by atoms with E-state index in [4.69, 9.17) is 4.98 Å². The molecule has 3 heteroatoms. The molecule has 52 heavy (non-hydrogen) atoms. The van der Waals surface area contributed by atoms with E-state index in [1.807, 2.05) is 6.20 Å². The average molecular weight is 660 g/mol. The van der Waals surface area contributed by atoms with E-state index in [1.165, 1.54) is 98.7 Å². The summed E-state index contributed by atoms with van der Waals surface area (Å²) in [6, 6.07) is 62.3.